The number of anilines is 1. The van der Waals surface area contributed by atoms with Crippen molar-refractivity contribution < 1.29 is 8.42 Å². The molecular formula is C14H13N3O2S. The number of aromatic nitrogens is 2. The Hall–Kier alpha value is -2.34. The van der Waals surface area contributed by atoms with Crippen molar-refractivity contribution in [3.05, 3.63) is 60.2 Å². The second-order valence-electron chi connectivity index (χ2n) is 4.46. The maximum atomic E-state index is 12.1. The van der Waals surface area contributed by atoms with Gasteiger partial charge < -0.3 is 0 Å². The first kappa shape index (κ1) is 12.7. The quantitative estimate of drug-likeness (QED) is 0.774. The van der Waals surface area contributed by atoms with Crippen LogP contribution in [-0.4, -0.2) is 18.6 Å². The lowest BCUT2D eigenvalue weighted by Crippen LogP contribution is -2.15. The van der Waals surface area contributed by atoms with Gasteiger partial charge in [-0.05, 0) is 17.7 Å². The Morgan fingerprint density at radius 1 is 1.00 bits per heavy atom. The molecule has 0 saturated heterocycles. The normalized spacial score (nSPS) is 11.6. The average Bonchev–Trinajstić information content (AvgIpc) is 2.82. The number of hydrogen-bond donors (Lipinski definition) is 2. The number of sulfonamides is 1. The molecule has 1 heterocycles. The van der Waals surface area contributed by atoms with Gasteiger partial charge in [0.25, 0.3) is 0 Å². The number of nitrogens with one attached hydrogen (secondary N) is 2. The first-order valence-electron chi connectivity index (χ1n) is 6.11. The van der Waals surface area contributed by atoms with E-state index in [0.29, 0.717) is 5.82 Å². The zero-order valence-corrected chi connectivity index (χ0v) is 11.4. The van der Waals surface area contributed by atoms with Crippen molar-refractivity contribution in [2.24, 2.45) is 0 Å². The number of para-hydroxylation sites is 1. The molecule has 2 N–H and O–H groups in total. The third kappa shape index (κ3) is 2.65. The minimum atomic E-state index is -3.48. The summed E-state index contributed by atoms with van der Waals surface area (Å²) in [6.07, 6.45) is 0. The molecular weight excluding hydrogens is 274 g/mol. The van der Waals surface area contributed by atoms with E-state index in [-0.39, 0.29) is 5.75 Å². The van der Waals surface area contributed by atoms with Gasteiger partial charge in [0.15, 0.2) is 5.82 Å². The topological polar surface area (TPSA) is 74.8 Å². The van der Waals surface area contributed by atoms with Crippen LogP contribution in [0.2, 0.25) is 0 Å². The van der Waals surface area contributed by atoms with E-state index in [9.17, 15) is 8.42 Å². The third-order valence-electron chi connectivity index (χ3n) is 2.92. The Balaban J connectivity index is 1.86. The van der Waals surface area contributed by atoms with Crippen molar-refractivity contribution in [2.75, 3.05) is 4.72 Å². The molecule has 0 aliphatic rings. The number of benzene rings is 2. The van der Waals surface area contributed by atoms with Crippen LogP contribution in [0.5, 0.6) is 0 Å². The number of rotatable bonds is 4. The summed E-state index contributed by atoms with van der Waals surface area (Å²) in [4.78, 5) is 0. The molecule has 0 unspecified atom stereocenters. The minimum Gasteiger partial charge on any atom is -0.276 e. The van der Waals surface area contributed by atoms with Gasteiger partial charge in [0.05, 0.1) is 11.3 Å². The summed E-state index contributed by atoms with van der Waals surface area (Å²) in [6.45, 7) is 0. The summed E-state index contributed by atoms with van der Waals surface area (Å²) in [5.41, 5.74) is 1.53. The summed E-state index contributed by atoms with van der Waals surface area (Å²) in [5, 5.41) is 7.56. The van der Waals surface area contributed by atoms with Crippen LogP contribution < -0.4 is 4.72 Å². The van der Waals surface area contributed by atoms with Gasteiger partial charge in [-0.15, -0.1) is 0 Å². The van der Waals surface area contributed by atoms with E-state index >= 15 is 0 Å². The molecule has 6 heteroatoms. The van der Waals surface area contributed by atoms with Gasteiger partial charge in [-0.3, -0.25) is 9.82 Å². The zero-order chi connectivity index (χ0) is 14.0. The molecule has 0 saturated carbocycles. The molecule has 20 heavy (non-hydrogen) atoms. The number of aromatic amines is 1. The van der Waals surface area contributed by atoms with Gasteiger partial charge in [-0.25, -0.2) is 8.42 Å². The smallest absolute Gasteiger partial charge is 0.238 e. The molecule has 0 atom stereocenters. The van der Waals surface area contributed by atoms with Crippen molar-refractivity contribution >= 4 is 26.7 Å². The Morgan fingerprint density at radius 2 is 1.70 bits per heavy atom. The second-order valence-corrected chi connectivity index (χ2v) is 6.19. The number of fused-ring (bicyclic) bond motifs is 1. The van der Waals surface area contributed by atoms with Gasteiger partial charge in [-0.2, -0.15) is 5.10 Å². The maximum Gasteiger partial charge on any atom is 0.238 e. The van der Waals surface area contributed by atoms with Gasteiger partial charge in [-0.1, -0.05) is 42.5 Å². The number of hydrogen-bond acceptors (Lipinski definition) is 3. The van der Waals surface area contributed by atoms with Crippen LogP contribution in [0, 0.1) is 0 Å². The lowest BCUT2D eigenvalue weighted by molar-refractivity contribution is 0.600. The SMILES string of the molecule is O=S(=O)(Cc1ccccc1)Nc1n[nH]c2ccccc12. The van der Waals surface area contributed by atoms with E-state index in [1.165, 1.54) is 0 Å². The molecule has 0 fully saturated rings. The molecule has 0 bridgehead atoms. The monoisotopic (exact) mass is 287 g/mol. The van der Waals surface area contributed by atoms with Crippen LogP contribution in [-0.2, 0) is 15.8 Å². The van der Waals surface area contributed by atoms with Crippen molar-refractivity contribution in [2.45, 2.75) is 5.75 Å². The maximum absolute atomic E-state index is 12.1. The second kappa shape index (κ2) is 4.97. The molecule has 5 nitrogen and oxygen atoms in total. The van der Waals surface area contributed by atoms with Gasteiger partial charge in [0.1, 0.15) is 0 Å². The summed E-state index contributed by atoms with van der Waals surface area (Å²) < 4.78 is 26.8. The van der Waals surface area contributed by atoms with Crippen LogP contribution in [0.1, 0.15) is 5.56 Å². The molecule has 0 aliphatic heterocycles. The molecule has 3 rings (SSSR count). The fourth-order valence-electron chi connectivity index (χ4n) is 2.02. The highest BCUT2D eigenvalue weighted by atomic mass is 32.2. The molecule has 102 valence electrons. The largest absolute Gasteiger partial charge is 0.276 e. The first-order chi connectivity index (χ1) is 9.64. The Kier molecular flexibility index (Phi) is 3.15. The molecule has 3 aromatic rings. The summed E-state index contributed by atoms with van der Waals surface area (Å²) in [6, 6.07) is 16.4. The molecule has 0 amide bonds. The summed E-state index contributed by atoms with van der Waals surface area (Å²) in [5.74, 6) is 0.256. The van der Waals surface area contributed by atoms with Crippen molar-refractivity contribution in [3.8, 4) is 0 Å². The lowest BCUT2D eigenvalue weighted by atomic mass is 10.2. The van der Waals surface area contributed by atoms with E-state index in [1.54, 1.807) is 12.1 Å². The standard InChI is InChI=1S/C14H13N3O2S/c18-20(19,10-11-6-2-1-3-7-11)17-14-12-8-4-5-9-13(12)15-16-14/h1-9H,10H2,(H2,15,16,17). The van der Waals surface area contributed by atoms with E-state index in [1.807, 2.05) is 42.5 Å². The Labute approximate surface area is 116 Å². The van der Waals surface area contributed by atoms with E-state index < -0.39 is 10.0 Å². The van der Waals surface area contributed by atoms with Crippen molar-refractivity contribution in [3.63, 3.8) is 0 Å². The predicted octanol–water partition coefficient (Wildman–Crippen LogP) is 2.50. The Bertz CT molecular complexity index is 826. The molecule has 0 spiro atoms. The highest BCUT2D eigenvalue weighted by Gasteiger charge is 2.15. The van der Waals surface area contributed by atoms with Crippen LogP contribution in [0.25, 0.3) is 10.9 Å². The van der Waals surface area contributed by atoms with Crippen LogP contribution in [0.15, 0.2) is 54.6 Å². The van der Waals surface area contributed by atoms with E-state index in [2.05, 4.69) is 14.9 Å². The summed E-state index contributed by atoms with van der Waals surface area (Å²) >= 11 is 0. The van der Waals surface area contributed by atoms with Gasteiger partial charge in [0, 0.05) is 5.39 Å². The van der Waals surface area contributed by atoms with E-state index in [0.717, 1.165) is 16.5 Å². The van der Waals surface area contributed by atoms with Crippen molar-refractivity contribution in [1.29, 1.82) is 0 Å². The van der Waals surface area contributed by atoms with Crippen LogP contribution in [0.4, 0.5) is 5.82 Å². The van der Waals surface area contributed by atoms with Crippen LogP contribution in [0.3, 0.4) is 0 Å². The lowest BCUT2D eigenvalue weighted by Gasteiger charge is -2.05. The minimum absolute atomic E-state index is 0.0744. The highest BCUT2D eigenvalue weighted by molar-refractivity contribution is 7.91. The van der Waals surface area contributed by atoms with Crippen molar-refractivity contribution in [1.82, 2.24) is 10.2 Å². The highest BCUT2D eigenvalue weighted by Crippen LogP contribution is 2.21. The fourth-order valence-corrected chi connectivity index (χ4v) is 3.17. The molecule has 0 radical (unpaired) electrons. The average molecular weight is 287 g/mol. The number of nitrogens with zero attached hydrogens (tertiary/aromatic N) is 1. The predicted molar refractivity (Wildman–Crippen MR) is 78.8 cm³/mol. The first-order valence-corrected chi connectivity index (χ1v) is 7.77. The molecule has 2 aromatic carbocycles. The zero-order valence-electron chi connectivity index (χ0n) is 10.6. The van der Waals surface area contributed by atoms with E-state index in [4.69, 9.17) is 0 Å². The third-order valence-corrected chi connectivity index (χ3v) is 4.14. The number of H-pyrrole nitrogens is 1. The fraction of sp³-hybridized carbons (Fsp3) is 0.0714. The Morgan fingerprint density at radius 3 is 2.50 bits per heavy atom. The molecule has 1 aromatic heterocycles. The van der Waals surface area contributed by atoms with Crippen LogP contribution >= 0.6 is 0 Å². The van der Waals surface area contributed by atoms with Gasteiger partial charge >= 0.3 is 0 Å². The van der Waals surface area contributed by atoms with Gasteiger partial charge in [0.2, 0.25) is 10.0 Å². The summed E-state index contributed by atoms with van der Waals surface area (Å²) in [7, 11) is -3.48. The molecule has 0 aliphatic carbocycles.